The topological polar surface area (TPSA) is 47.3 Å². The average Bonchev–Trinajstić information content (AvgIpc) is 2.33. The molecule has 0 unspecified atom stereocenters. The van der Waals surface area contributed by atoms with Crippen LogP contribution in [-0.2, 0) is 4.74 Å². The molecular formula is C14H21BrN2OS. The monoisotopic (exact) mass is 344 g/mol. The van der Waals surface area contributed by atoms with Gasteiger partial charge in [-0.1, -0.05) is 42.0 Å². The molecule has 0 saturated heterocycles. The smallest absolute Gasteiger partial charge is 0.106 e. The Labute approximate surface area is 129 Å². The molecule has 0 bridgehead atoms. The van der Waals surface area contributed by atoms with E-state index in [9.17, 15) is 0 Å². The van der Waals surface area contributed by atoms with E-state index in [0.29, 0.717) is 17.5 Å². The van der Waals surface area contributed by atoms with E-state index in [-0.39, 0.29) is 0 Å². The maximum atomic E-state index is 5.69. The van der Waals surface area contributed by atoms with Crippen LogP contribution in [0.25, 0.3) is 0 Å². The molecule has 1 rings (SSSR count). The summed E-state index contributed by atoms with van der Waals surface area (Å²) < 4.78 is 6.55. The number of thiocarbonyl (C=S) groups is 1. The van der Waals surface area contributed by atoms with Gasteiger partial charge in [-0.05, 0) is 30.5 Å². The standard InChI is InChI=1S/C14H21BrN2OS/c1-10(2)5-7-18-8-6-17-13-9-11(15)3-4-12(13)14(16)19/h3-4,9-10,17H,5-8H2,1-2H3,(H2,16,19). The molecule has 0 aliphatic carbocycles. The van der Waals surface area contributed by atoms with Crippen molar-refractivity contribution in [3.8, 4) is 0 Å². The van der Waals surface area contributed by atoms with Gasteiger partial charge in [-0.15, -0.1) is 0 Å². The SMILES string of the molecule is CC(C)CCOCCNc1cc(Br)ccc1C(N)=S. The number of nitrogens with two attached hydrogens (primary N) is 1. The number of anilines is 1. The van der Waals surface area contributed by atoms with Crippen molar-refractivity contribution in [3.05, 3.63) is 28.2 Å². The lowest BCUT2D eigenvalue weighted by Crippen LogP contribution is -2.16. The second-order valence-corrected chi connectivity index (χ2v) is 6.13. The van der Waals surface area contributed by atoms with Gasteiger partial charge < -0.3 is 15.8 Å². The van der Waals surface area contributed by atoms with E-state index in [2.05, 4.69) is 35.1 Å². The first kappa shape index (κ1) is 16.4. The Morgan fingerprint density at radius 1 is 1.42 bits per heavy atom. The summed E-state index contributed by atoms with van der Waals surface area (Å²) in [5, 5.41) is 3.30. The van der Waals surface area contributed by atoms with Crippen LogP contribution in [0.1, 0.15) is 25.8 Å². The van der Waals surface area contributed by atoms with Gasteiger partial charge in [0.2, 0.25) is 0 Å². The van der Waals surface area contributed by atoms with Crippen molar-refractivity contribution in [2.75, 3.05) is 25.1 Å². The van der Waals surface area contributed by atoms with Crippen LogP contribution in [0.15, 0.2) is 22.7 Å². The number of benzene rings is 1. The second kappa shape index (κ2) is 8.51. The minimum absolute atomic E-state index is 0.399. The molecule has 0 aliphatic heterocycles. The van der Waals surface area contributed by atoms with Crippen LogP contribution in [0.2, 0.25) is 0 Å². The molecule has 106 valence electrons. The molecule has 0 heterocycles. The number of halogens is 1. The van der Waals surface area contributed by atoms with Crippen molar-refractivity contribution in [2.45, 2.75) is 20.3 Å². The summed E-state index contributed by atoms with van der Waals surface area (Å²) in [6.07, 6.45) is 1.09. The Balaban J connectivity index is 2.40. The van der Waals surface area contributed by atoms with E-state index >= 15 is 0 Å². The second-order valence-electron chi connectivity index (χ2n) is 4.78. The number of hydrogen-bond donors (Lipinski definition) is 2. The predicted molar refractivity (Wildman–Crippen MR) is 88.8 cm³/mol. The zero-order valence-electron chi connectivity index (χ0n) is 11.4. The molecule has 1 aromatic carbocycles. The van der Waals surface area contributed by atoms with Crippen LogP contribution in [0.5, 0.6) is 0 Å². The summed E-state index contributed by atoms with van der Waals surface area (Å²) in [6, 6.07) is 5.82. The van der Waals surface area contributed by atoms with Crippen molar-refractivity contribution in [2.24, 2.45) is 11.7 Å². The van der Waals surface area contributed by atoms with Crippen molar-refractivity contribution >= 4 is 38.8 Å². The van der Waals surface area contributed by atoms with Crippen LogP contribution in [0, 0.1) is 5.92 Å². The molecule has 1 aromatic rings. The van der Waals surface area contributed by atoms with Crippen molar-refractivity contribution < 1.29 is 4.74 Å². The maximum Gasteiger partial charge on any atom is 0.106 e. The molecule has 0 radical (unpaired) electrons. The van der Waals surface area contributed by atoms with E-state index in [1.165, 1.54) is 0 Å². The molecule has 0 saturated carbocycles. The lowest BCUT2D eigenvalue weighted by Gasteiger charge is -2.12. The zero-order valence-corrected chi connectivity index (χ0v) is 13.8. The summed E-state index contributed by atoms with van der Waals surface area (Å²) in [6.45, 7) is 6.61. The van der Waals surface area contributed by atoms with E-state index < -0.39 is 0 Å². The molecule has 3 N–H and O–H groups in total. The van der Waals surface area contributed by atoms with E-state index in [4.69, 9.17) is 22.7 Å². The van der Waals surface area contributed by atoms with Gasteiger partial charge in [-0.2, -0.15) is 0 Å². The van der Waals surface area contributed by atoms with E-state index in [0.717, 1.165) is 35.3 Å². The normalized spacial score (nSPS) is 10.7. The van der Waals surface area contributed by atoms with E-state index in [1.54, 1.807) is 0 Å². The molecule has 0 spiro atoms. The average molecular weight is 345 g/mol. The minimum atomic E-state index is 0.399. The quantitative estimate of drug-likeness (QED) is 0.559. The molecule has 0 atom stereocenters. The van der Waals surface area contributed by atoms with Crippen molar-refractivity contribution in [1.82, 2.24) is 0 Å². The summed E-state index contributed by atoms with van der Waals surface area (Å²) in [7, 11) is 0. The van der Waals surface area contributed by atoms with Crippen molar-refractivity contribution in [3.63, 3.8) is 0 Å². The molecule has 0 amide bonds. The fourth-order valence-corrected chi connectivity index (χ4v) is 2.10. The summed E-state index contributed by atoms with van der Waals surface area (Å²) in [5.41, 5.74) is 7.50. The molecule has 3 nitrogen and oxygen atoms in total. The van der Waals surface area contributed by atoms with Gasteiger partial charge in [0.05, 0.1) is 6.61 Å². The Morgan fingerprint density at radius 2 is 2.16 bits per heavy atom. The van der Waals surface area contributed by atoms with Gasteiger partial charge in [0, 0.05) is 28.9 Å². The summed E-state index contributed by atoms with van der Waals surface area (Å²) in [4.78, 5) is 0.399. The van der Waals surface area contributed by atoms with Crippen LogP contribution in [-0.4, -0.2) is 24.7 Å². The first-order valence-electron chi connectivity index (χ1n) is 6.41. The molecule has 19 heavy (non-hydrogen) atoms. The van der Waals surface area contributed by atoms with Gasteiger partial charge in [0.1, 0.15) is 4.99 Å². The van der Waals surface area contributed by atoms with Crippen LogP contribution < -0.4 is 11.1 Å². The van der Waals surface area contributed by atoms with Gasteiger partial charge in [0.15, 0.2) is 0 Å². The number of hydrogen-bond acceptors (Lipinski definition) is 3. The van der Waals surface area contributed by atoms with Crippen LogP contribution >= 0.6 is 28.1 Å². The molecule has 0 fully saturated rings. The van der Waals surface area contributed by atoms with Gasteiger partial charge in [-0.3, -0.25) is 0 Å². The highest BCUT2D eigenvalue weighted by molar-refractivity contribution is 9.10. The largest absolute Gasteiger partial charge is 0.389 e. The molecule has 0 aliphatic rings. The summed E-state index contributed by atoms with van der Waals surface area (Å²) in [5.74, 6) is 0.680. The number of ether oxygens (including phenoxy) is 1. The van der Waals surface area contributed by atoms with Crippen LogP contribution in [0.4, 0.5) is 5.69 Å². The third kappa shape index (κ3) is 6.36. The third-order valence-corrected chi connectivity index (χ3v) is 3.36. The Morgan fingerprint density at radius 3 is 2.79 bits per heavy atom. The minimum Gasteiger partial charge on any atom is -0.389 e. The highest BCUT2D eigenvalue weighted by Crippen LogP contribution is 2.21. The number of nitrogens with one attached hydrogen (secondary N) is 1. The highest BCUT2D eigenvalue weighted by Gasteiger charge is 2.05. The lowest BCUT2D eigenvalue weighted by atomic mass is 10.1. The first-order chi connectivity index (χ1) is 9.00. The van der Waals surface area contributed by atoms with E-state index in [1.807, 2.05) is 18.2 Å². The number of rotatable bonds is 8. The maximum absolute atomic E-state index is 5.69. The molecule has 0 aromatic heterocycles. The molecular weight excluding hydrogens is 324 g/mol. The highest BCUT2D eigenvalue weighted by atomic mass is 79.9. The van der Waals surface area contributed by atoms with Gasteiger partial charge in [0.25, 0.3) is 0 Å². The Kier molecular flexibility index (Phi) is 7.34. The fraction of sp³-hybridized carbons (Fsp3) is 0.500. The Bertz CT molecular complexity index is 424. The zero-order chi connectivity index (χ0) is 14.3. The van der Waals surface area contributed by atoms with Crippen LogP contribution in [0.3, 0.4) is 0 Å². The van der Waals surface area contributed by atoms with Gasteiger partial charge >= 0.3 is 0 Å². The fourth-order valence-electron chi connectivity index (χ4n) is 1.56. The summed E-state index contributed by atoms with van der Waals surface area (Å²) >= 11 is 8.47. The first-order valence-corrected chi connectivity index (χ1v) is 7.61. The van der Waals surface area contributed by atoms with Gasteiger partial charge in [-0.25, -0.2) is 0 Å². The predicted octanol–water partition coefficient (Wildman–Crippen LogP) is 3.56. The third-order valence-electron chi connectivity index (χ3n) is 2.65. The lowest BCUT2D eigenvalue weighted by molar-refractivity contribution is 0.132. The Hall–Kier alpha value is -0.650. The molecule has 5 heteroatoms. The van der Waals surface area contributed by atoms with Crippen molar-refractivity contribution in [1.29, 1.82) is 0 Å².